The Bertz CT molecular complexity index is 2580. The van der Waals surface area contributed by atoms with Gasteiger partial charge in [-0.05, 0) is 92.8 Å². The van der Waals surface area contributed by atoms with Crippen LogP contribution in [0.2, 0.25) is 5.02 Å². The highest BCUT2D eigenvalue weighted by Gasteiger charge is 2.27. The van der Waals surface area contributed by atoms with Crippen LogP contribution in [-0.4, -0.2) is 56.1 Å². The maximum Gasteiger partial charge on any atom is 0.231 e. The van der Waals surface area contributed by atoms with Crippen LogP contribution in [0.4, 0.5) is 14.6 Å². The molecule has 0 saturated carbocycles. The Labute approximate surface area is 309 Å². The normalized spacial score (nSPS) is 12.5. The molecule has 6 rings (SSSR count). The number of phenols is 1. The van der Waals surface area contributed by atoms with Crippen molar-refractivity contribution >= 4 is 55.2 Å². The molecule has 15 heteroatoms. The fraction of sp³-hybridized carbons (Fsp3) is 0.237. The number of amides is 1. The second kappa shape index (κ2) is 14.1. The summed E-state index contributed by atoms with van der Waals surface area (Å²) in [5.74, 6) is 3.55. The summed E-state index contributed by atoms with van der Waals surface area (Å²) in [4.78, 5) is 22.1. The highest BCUT2D eigenvalue weighted by atomic mass is 35.5. The van der Waals surface area contributed by atoms with Crippen LogP contribution in [0.1, 0.15) is 48.1 Å². The van der Waals surface area contributed by atoms with Crippen molar-refractivity contribution in [3.05, 3.63) is 106 Å². The number of carbonyl (C=O) groups excluding carboxylic acids is 1. The second-order valence-corrected chi connectivity index (χ2v) is 15.5. The zero-order valence-corrected chi connectivity index (χ0v) is 30.8. The Morgan fingerprint density at radius 2 is 1.77 bits per heavy atom. The van der Waals surface area contributed by atoms with Gasteiger partial charge >= 0.3 is 0 Å². The number of halogens is 3. The number of nitrogens with zero attached hydrogens (tertiary/aromatic N) is 3. The molecule has 0 fully saturated rings. The third kappa shape index (κ3) is 8.44. The molecule has 0 aliphatic rings. The Morgan fingerprint density at radius 3 is 2.45 bits per heavy atom. The van der Waals surface area contributed by atoms with Crippen molar-refractivity contribution < 1.29 is 32.2 Å². The summed E-state index contributed by atoms with van der Waals surface area (Å²) in [5.41, 5.74) is 2.80. The average Bonchev–Trinajstić information content (AvgIpc) is 3.53. The summed E-state index contributed by atoms with van der Waals surface area (Å²) in [7, 11) is -2.14. The van der Waals surface area contributed by atoms with Crippen LogP contribution < -0.4 is 10.0 Å². The lowest BCUT2D eigenvalue weighted by Gasteiger charge is -2.23. The van der Waals surface area contributed by atoms with Crippen LogP contribution in [0, 0.1) is 30.4 Å². The Kier molecular flexibility index (Phi) is 9.95. The van der Waals surface area contributed by atoms with E-state index in [0.29, 0.717) is 38.7 Å². The van der Waals surface area contributed by atoms with Gasteiger partial charge in [-0.25, -0.2) is 22.2 Å². The van der Waals surface area contributed by atoms with E-state index in [0.717, 1.165) is 30.0 Å². The zero-order valence-electron chi connectivity index (χ0n) is 29.3. The van der Waals surface area contributed by atoms with Crippen LogP contribution in [0.5, 0.6) is 5.75 Å². The molecule has 6 aromatic rings. The third-order valence-corrected chi connectivity index (χ3v) is 9.28. The molecule has 3 heterocycles. The topological polar surface area (TPSA) is 162 Å². The number of H-pyrrole nitrogens is 1. The van der Waals surface area contributed by atoms with Gasteiger partial charge in [-0.3, -0.25) is 14.2 Å². The SMILES string of the molecule is Cc1[nH]c2ccc(O)cc2c1CC(=O)N[C@@H](Cc1cc(F)cc(F)c1)c1nc(C#CC(C)(C)O)ccc1-c1ccc(Cl)c2c(NS(C)(=O)=O)nn(C)c12. The van der Waals surface area contributed by atoms with E-state index in [1.807, 2.05) is 6.92 Å². The van der Waals surface area contributed by atoms with Gasteiger partial charge in [0.05, 0.1) is 40.3 Å². The fourth-order valence-electron chi connectivity index (χ4n) is 6.28. The number of rotatable bonds is 9. The molecule has 53 heavy (non-hydrogen) atoms. The maximum absolute atomic E-state index is 14.5. The van der Waals surface area contributed by atoms with E-state index in [1.165, 1.54) is 24.6 Å². The number of aromatic amines is 1. The first-order valence-corrected chi connectivity index (χ1v) is 18.6. The molecule has 0 spiro atoms. The number of fused-ring (bicyclic) bond motifs is 2. The van der Waals surface area contributed by atoms with Crippen molar-refractivity contribution in [2.75, 3.05) is 11.0 Å². The van der Waals surface area contributed by atoms with Gasteiger partial charge in [-0.1, -0.05) is 23.6 Å². The van der Waals surface area contributed by atoms with Crippen molar-refractivity contribution in [1.82, 2.24) is 25.1 Å². The van der Waals surface area contributed by atoms with Crippen molar-refractivity contribution in [3.8, 4) is 28.7 Å². The van der Waals surface area contributed by atoms with E-state index in [2.05, 4.69) is 32.0 Å². The molecule has 0 saturated heterocycles. The van der Waals surface area contributed by atoms with Gasteiger partial charge in [-0.2, -0.15) is 5.10 Å². The Balaban J connectivity index is 1.55. The minimum atomic E-state index is -3.75. The van der Waals surface area contributed by atoms with Crippen molar-refractivity contribution in [3.63, 3.8) is 0 Å². The average molecular weight is 761 g/mol. The lowest BCUT2D eigenvalue weighted by Crippen LogP contribution is -2.32. The number of pyridine rings is 1. The minimum absolute atomic E-state index is 0.000697. The van der Waals surface area contributed by atoms with E-state index in [4.69, 9.17) is 16.6 Å². The highest BCUT2D eigenvalue weighted by molar-refractivity contribution is 7.92. The third-order valence-electron chi connectivity index (χ3n) is 8.40. The summed E-state index contributed by atoms with van der Waals surface area (Å²) in [6, 6.07) is 13.5. The molecule has 1 atom stereocenters. The first-order valence-electron chi connectivity index (χ1n) is 16.3. The largest absolute Gasteiger partial charge is 0.508 e. The molecule has 3 aromatic carbocycles. The van der Waals surface area contributed by atoms with Gasteiger partial charge in [0.2, 0.25) is 15.9 Å². The second-order valence-electron chi connectivity index (χ2n) is 13.3. The number of sulfonamides is 1. The molecule has 5 N–H and O–H groups in total. The minimum Gasteiger partial charge on any atom is -0.508 e. The quantitative estimate of drug-likeness (QED) is 0.110. The fourth-order valence-corrected chi connectivity index (χ4v) is 7.02. The number of hydrogen-bond acceptors (Lipinski definition) is 7. The molecule has 0 aliphatic heterocycles. The standard InChI is InChI=1S/C38H35ClF2N6O5S/c1-20-28(29-18-25(48)7-11-31(29)42-20)19-33(49)44-32(16-21-14-22(40)17-23(41)15-21)35-26(8-6-24(43-35)12-13-38(2,3)50)27-9-10-30(39)34-36(27)47(4)45-37(34)46-53(5,51)52/h6-11,14-15,17-18,32,42,48,50H,16,19H2,1-5H3,(H,44,49)(H,45,46)/t32-/m0/s1. The molecule has 1 amide bonds. The predicted molar refractivity (Wildman–Crippen MR) is 200 cm³/mol. The van der Waals surface area contributed by atoms with E-state index in [9.17, 15) is 32.2 Å². The van der Waals surface area contributed by atoms with Gasteiger partial charge in [0.1, 0.15) is 28.7 Å². The van der Waals surface area contributed by atoms with Crippen LogP contribution in [0.15, 0.2) is 60.7 Å². The monoisotopic (exact) mass is 760 g/mol. The van der Waals surface area contributed by atoms with Gasteiger partial charge in [0, 0.05) is 40.8 Å². The Morgan fingerprint density at radius 1 is 1.08 bits per heavy atom. The number of carbonyl (C=O) groups is 1. The molecule has 0 radical (unpaired) electrons. The molecule has 0 unspecified atom stereocenters. The maximum atomic E-state index is 14.5. The van der Waals surface area contributed by atoms with E-state index >= 15 is 0 Å². The molecule has 3 aromatic heterocycles. The molecule has 11 nitrogen and oxygen atoms in total. The van der Waals surface area contributed by atoms with Crippen LogP contribution in [-0.2, 0) is 34.7 Å². The van der Waals surface area contributed by atoms with Crippen LogP contribution in [0.3, 0.4) is 0 Å². The summed E-state index contributed by atoms with van der Waals surface area (Å²) in [6.45, 7) is 4.83. The summed E-state index contributed by atoms with van der Waals surface area (Å²) in [5, 5.41) is 29.1. The number of aryl methyl sites for hydroxylation is 2. The number of aromatic hydroxyl groups is 1. The summed E-state index contributed by atoms with van der Waals surface area (Å²) < 4.78 is 57.4. The molecular weight excluding hydrogens is 726 g/mol. The number of hydrogen-bond donors (Lipinski definition) is 5. The van der Waals surface area contributed by atoms with E-state index < -0.39 is 39.2 Å². The Hall–Kier alpha value is -5.49. The lowest BCUT2D eigenvalue weighted by molar-refractivity contribution is -0.121. The first kappa shape index (κ1) is 37.3. The van der Waals surface area contributed by atoms with Crippen molar-refractivity contribution in [1.29, 1.82) is 0 Å². The summed E-state index contributed by atoms with van der Waals surface area (Å²) >= 11 is 6.62. The number of aliphatic hydroxyl groups is 1. The number of phenolic OH excluding ortho intramolecular Hbond substituents is 1. The predicted octanol–water partition coefficient (Wildman–Crippen LogP) is 6.20. The lowest BCUT2D eigenvalue weighted by atomic mass is 9.93. The smallest absolute Gasteiger partial charge is 0.231 e. The van der Waals surface area contributed by atoms with Gasteiger partial charge in [-0.15, -0.1) is 0 Å². The molecule has 274 valence electrons. The molecule has 0 bridgehead atoms. The molecule has 0 aliphatic carbocycles. The van der Waals surface area contributed by atoms with E-state index in [1.54, 1.807) is 43.4 Å². The van der Waals surface area contributed by atoms with Gasteiger partial charge in [0.15, 0.2) is 5.82 Å². The molecular formula is C38H35ClF2N6O5S. The number of benzene rings is 3. The van der Waals surface area contributed by atoms with Gasteiger partial charge in [0.25, 0.3) is 0 Å². The summed E-state index contributed by atoms with van der Waals surface area (Å²) in [6.07, 6.45) is 0.757. The number of anilines is 1. The zero-order chi connectivity index (χ0) is 38.4. The van der Waals surface area contributed by atoms with Gasteiger partial charge < -0.3 is 20.5 Å². The van der Waals surface area contributed by atoms with E-state index in [-0.39, 0.29) is 46.4 Å². The number of aromatic nitrogens is 4. The first-order chi connectivity index (χ1) is 24.8. The van der Waals surface area contributed by atoms with Crippen LogP contribution in [0.25, 0.3) is 32.9 Å². The highest BCUT2D eigenvalue weighted by Crippen LogP contribution is 2.40. The van der Waals surface area contributed by atoms with Crippen molar-refractivity contribution in [2.24, 2.45) is 7.05 Å². The van der Waals surface area contributed by atoms with Crippen molar-refractivity contribution in [2.45, 2.75) is 45.3 Å². The van der Waals surface area contributed by atoms with Crippen LogP contribution >= 0.6 is 11.6 Å². The number of nitrogens with one attached hydrogen (secondary N) is 3.